The molecule has 0 radical (unpaired) electrons. The number of nitrogens with zero attached hydrogens (tertiary/aromatic N) is 3. The van der Waals surface area contributed by atoms with Crippen LogP contribution in [0.4, 0.5) is 16.3 Å². The second-order valence-electron chi connectivity index (χ2n) is 4.60. The first kappa shape index (κ1) is 14.4. The van der Waals surface area contributed by atoms with E-state index in [1.807, 2.05) is 32.2 Å². The van der Waals surface area contributed by atoms with Gasteiger partial charge in [-0.2, -0.15) is 0 Å². The van der Waals surface area contributed by atoms with Gasteiger partial charge in [0.25, 0.3) is 0 Å². The number of hydrogen-bond donors (Lipinski definition) is 1. The van der Waals surface area contributed by atoms with Crippen molar-refractivity contribution in [3.05, 3.63) is 18.3 Å². The Hall–Kier alpha value is -1.98. The van der Waals surface area contributed by atoms with E-state index in [0.717, 1.165) is 31.1 Å². The van der Waals surface area contributed by atoms with Crippen molar-refractivity contribution in [1.29, 1.82) is 0 Å². The molecule has 1 aliphatic rings. The number of hydrogen-bond acceptors (Lipinski definition) is 5. The van der Waals surface area contributed by atoms with Crippen molar-refractivity contribution in [3.63, 3.8) is 0 Å². The Bertz CT molecular complexity index is 445. The van der Waals surface area contributed by atoms with E-state index in [9.17, 15) is 4.79 Å². The predicted octanol–water partition coefficient (Wildman–Crippen LogP) is 1.79. The molecule has 1 amide bonds. The topological polar surface area (TPSA) is 57.7 Å². The zero-order chi connectivity index (χ0) is 14.4. The van der Waals surface area contributed by atoms with Crippen LogP contribution in [0.5, 0.6) is 0 Å². The monoisotopic (exact) mass is 278 g/mol. The Kier molecular flexibility index (Phi) is 5.03. The molecule has 1 saturated heterocycles. The SMILES string of the molecule is CCNc1cc(N2CCN(C(=O)OCC)CC2)ccn1. The molecule has 1 fully saturated rings. The van der Waals surface area contributed by atoms with Crippen LogP contribution in [0.1, 0.15) is 13.8 Å². The number of rotatable bonds is 4. The van der Waals surface area contributed by atoms with E-state index in [-0.39, 0.29) is 6.09 Å². The summed E-state index contributed by atoms with van der Waals surface area (Å²) in [5.74, 6) is 0.887. The molecule has 0 aromatic carbocycles. The van der Waals surface area contributed by atoms with Gasteiger partial charge in [-0.3, -0.25) is 0 Å². The van der Waals surface area contributed by atoms with E-state index in [1.165, 1.54) is 0 Å². The maximum absolute atomic E-state index is 11.6. The van der Waals surface area contributed by atoms with Crippen LogP contribution in [0.15, 0.2) is 18.3 Å². The Morgan fingerprint density at radius 3 is 2.75 bits per heavy atom. The molecule has 0 unspecified atom stereocenters. The lowest BCUT2D eigenvalue weighted by Gasteiger charge is -2.35. The molecular weight excluding hydrogens is 256 g/mol. The molecule has 0 saturated carbocycles. The molecule has 0 aliphatic carbocycles. The van der Waals surface area contributed by atoms with Crippen molar-refractivity contribution in [3.8, 4) is 0 Å². The lowest BCUT2D eigenvalue weighted by molar-refractivity contribution is 0.105. The number of aromatic nitrogens is 1. The first-order valence-corrected chi connectivity index (χ1v) is 7.11. The third-order valence-electron chi connectivity index (χ3n) is 3.27. The number of piperazine rings is 1. The van der Waals surface area contributed by atoms with E-state index in [0.29, 0.717) is 19.7 Å². The second kappa shape index (κ2) is 6.98. The highest BCUT2D eigenvalue weighted by Gasteiger charge is 2.22. The smallest absolute Gasteiger partial charge is 0.409 e. The molecule has 6 heteroatoms. The van der Waals surface area contributed by atoms with Crippen LogP contribution in [0, 0.1) is 0 Å². The molecule has 20 heavy (non-hydrogen) atoms. The maximum atomic E-state index is 11.6. The van der Waals surface area contributed by atoms with Crippen molar-refractivity contribution < 1.29 is 9.53 Å². The van der Waals surface area contributed by atoms with Crippen molar-refractivity contribution in [2.24, 2.45) is 0 Å². The molecule has 0 spiro atoms. The summed E-state index contributed by atoms with van der Waals surface area (Å²) in [5, 5.41) is 3.21. The number of anilines is 2. The fraction of sp³-hybridized carbons (Fsp3) is 0.571. The van der Waals surface area contributed by atoms with Crippen molar-refractivity contribution in [2.45, 2.75) is 13.8 Å². The minimum atomic E-state index is -0.213. The fourth-order valence-electron chi connectivity index (χ4n) is 2.26. The van der Waals surface area contributed by atoms with Crippen molar-refractivity contribution in [2.75, 3.05) is 49.5 Å². The molecule has 1 N–H and O–H groups in total. The largest absolute Gasteiger partial charge is 0.450 e. The summed E-state index contributed by atoms with van der Waals surface area (Å²) in [4.78, 5) is 19.9. The van der Waals surface area contributed by atoms with Crippen LogP contribution in [0.25, 0.3) is 0 Å². The van der Waals surface area contributed by atoms with Gasteiger partial charge in [-0.25, -0.2) is 9.78 Å². The quantitative estimate of drug-likeness (QED) is 0.910. The molecule has 2 heterocycles. The average Bonchev–Trinajstić information content (AvgIpc) is 2.48. The summed E-state index contributed by atoms with van der Waals surface area (Å²) in [6, 6.07) is 4.05. The van der Waals surface area contributed by atoms with Gasteiger partial charge in [0.1, 0.15) is 5.82 Å². The van der Waals surface area contributed by atoms with Crippen LogP contribution in [-0.2, 0) is 4.74 Å². The van der Waals surface area contributed by atoms with Gasteiger partial charge < -0.3 is 19.9 Å². The molecule has 1 aromatic heterocycles. The number of pyridine rings is 1. The summed E-state index contributed by atoms with van der Waals surface area (Å²) in [6.45, 7) is 8.17. The van der Waals surface area contributed by atoms with E-state index in [1.54, 1.807) is 4.90 Å². The second-order valence-corrected chi connectivity index (χ2v) is 4.60. The molecule has 6 nitrogen and oxygen atoms in total. The first-order valence-electron chi connectivity index (χ1n) is 7.11. The minimum Gasteiger partial charge on any atom is -0.450 e. The summed E-state index contributed by atoms with van der Waals surface area (Å²) >= 11 is 0. The number of nitrogens with one attached hydrogen (secondary N) is 1. The van der Waals surface area contributed by atoms with E-state index >= 15 is 0 Å². The normalized spacial score (nSPS) is 15.1. The van der Waals surface area contributed by atoms with Crippen LogP contribution in [0.3, 0.4) is 0 Å². The maximum Gasteiger partial charge on any atom is 0.409 e. The fourth-order valence-corrected chi connectivity index (χ4v) is 2.26. The Labute approximate surface area is 119 Å². The van der Waals surface area contributed by atoms with Crippen LogP contribution >= 0.6 is 0 Å². The van der Waals surface area contributed by atoms with Crippen LogP contribution < -0.4 is 10.2 Å². The average molecular weight is 278 g/mol. The molecule has 2 rings (SSSR count). The summed E-state index contributed by atoms with van der Waals surface area (Å²) < 4.78 is 5.02. The third kappa shape index (κ3) is 3.53. The Morgan fingerprint density at radius 2 is 2.10 bits per heavy atom. The van der Waals surface area contributed by atoms with E-state index in [4.69, 9.17) is 4.74 Å². The Morgan fingerprint density at radius 1 is 1.35 bits per heavy atom. The zero-order valence-electron chi connectivity index (χ0n) is 12.1. The number of carbonyl (C=O) groups is 1. The van der Waals surface area contributed by atoms with Crippen LogP contribution in [0.2, 0.25) is 0 Å². The van der Waals surface area contributed by atoms with Gasteiger partial charge in [0.15, 0.2) is 0 Å². The molecule has 0 atom stereocenters. The van der Waals surface area contributed by atoms with Crippen molar-refractivity contribution >= 4 is 17.6 Å². The molecule has 110 valence electrons. The van der Waals surface area contributed by atoms with E-state index in [2.05, 4.69) is 15.2 Å². The number of amides is 1. The third-order valence-corrected chi connectivity index (χ3v) is 3.27. The van der Waals surface area contributed by atoms with E-state index < -0.39 is 0 Å². The standard InChI is InChI=1S/C14H22N4O2/c1-3-15-13-11-12(5-6-16-13)17-7-9-18(10-8-17)14(19)20-4-2/h5-6,11H,3-4,7-10H2,1-2H3,(H,15,16). The van der Waals surface area contributed by atoms with Gasteiger partial charge in [0.05, 0.1) is 6.61 Å². The molecule has 1 aromatic rings. The van der Waals surface area contributed by atoms with Gasteiger partial charge in [0, 0.05) is 50.7 Å². The zero-order valence-corrected chi connectivity index (χ0v) is 12.1. The van der Waals surface area contributed by atoms with Gasteiger partial charge in [-0.15, -0.1) is 0 Å². The molecule has 1 aliphatic heterocycles. The van der Waals surface area contributed by atoms with Gasteiger partial charge in [-0.1, -0.05) is 0 Å². The van der Waals surface area contributed by atoms with Gasteiger partial charge >= 0.3 is 6.09 Å². The number of carbonyl (C=O) groups excluding carboxylic acids is 1. The minimum absolute atomic E-state index is 0.213. The summed E-state index contributed by atoms with van der Waals surface area (Å²) in [7, 11) is 0. The molecular formula is C14H22N4O2. The lowest BCUT2D eigenvalue weighted by atomic mass is 10.2. The highest BCUT2D eigenvalue weighted by molar-refractivity contribution is 5.68. The summed E-state index contributed by atoms with van der Waals surface area (Å²) in [5.41, 5.74) is 1.14. The first-order chi connectivity index (χ1) is 9.74. The van der Waals surface area contributed by atoms with Gasteiger partial charge in [-0.05, 0) is 19.9 Å². The van der Waals surface area contributed by atoms with Crippen LogP contribution in [-0.4, -0.2) is 55.3 Å². The predicted molar refractivity (Wildman–Crippen MR) is 79.2 cm³/mol. The number of ether oxygens (including phenoxy) is 1. The Balaban J connectivity index is 1.93. The lowest BCUT2D eigenvalue weighted by Crippen LogP contribution is -2.49. The summed E-state index contributed by atoms with van der Waals surface area (Å²) in [6.07, 6.45) is 1.60. The van der Waals surface area contributed by atoms with Crippen molar-refractivity contribution in [1.82, 2.24) is 9.88 Å². The molecule has 0 bridgehead atoms. The highest BCUT2D eigenvalue weighted by Crippen LogP contribution is 2.19. The highest BCUT2D eigenvalue weighted by atomic mass is 16.6. The van der Waals surface area contributed by atoms with Gasteiger partial charge in [0.2, 0.25) is 0 Å².